The number of carbonyl (C=O) groups is 1. The molecule has 2 saturated carbocycles. The first-order chi connectivity index (χ1) is 7.17. The summed E-state index contributed by atoms with van der Waals surface area (Å²) in [5.74, 6) is -0.749. The van der Waals surface area contributed by atoms with Gasteiger partial charge in [0.1, 0.15) is 0 Å². The van der Waals surface area contributed by atoms with E-state index >= 15 is 0 Å². The van der Waals surface area contributed by atoms with Crippen molar-refractivity contribution in [3.8, 4) is 0 Å². The van der Waals surface area contributed by atoms with Crippen LogP contribution in [0.2, 0.25) is 0 Å². The van der Waals surface area contributed by atoms with Crippen molar-refractivity contribution in [1.82, 2.24) is 5.32 Å². The van der Waals surface area contributed by atoms with Crippen LogP contribution < -0.4 is 5.32 Å². The lowest BCUT2D eigenvalue weighted by molar-refractivity contribution is -0.146. The highest BCUT2D eigenvalue weighted by atomic mass is 16.4. The zero-order valence-corrected chi connectivity index (χ0v) is 9.46. The molecule has 2 aliphatic carbocycles. The molecule has 0 bridgehead atoms. The maximum Gasteiger partial charge on any atom is 0.308 e. The Labute approximate surface area is 91.2 Å². The zero-order chi connectivity index (χ0) is 10.9. The van der Waals surface area contributed by atoms with Crippen molar-refractivity contribution in [2.45, 2.75) is 51.5 Å². The van der Waals surface area contributed by atoms with Crippen LogP contribution in [0.15, 0.2) is 0 Å². The predicted octanol–water partition coefficient (Wildman–Crippen LogP) is 2.02. The van der Waals surface area contributed by atoms with E-state index in [1.165, 1.54) is 25.7 Å². The molecular weight excluding hydrogens is 190 g/mol. The molecule has 0 aromatic rings. The summed E-state index contributed by atoms with van der Waals surface area (Å²) in [6.45, 7) is 3.26. The lowest BCUT2D eigenvalue weighted by atomic mass is 9.79. The Bertz CT molecular complexity index is 248. The Morgan fingerprint density at radius 3 is 2.60 bits per heavy atom. The fourth-order valence-corrected chi connectivity index (χ4v) is 2.61. The second kappa shape index (κ2) is 4.12. The largest absolute Gasteiger partial charge is 0.481 e. The third kappa shape index (κ3) is 2.33. The van der Waals surface area contributed by atoms with E-state index in [4.69, 9.17) is 5.11 Å². The Hall–Kier alpha value is -0.570. The van der Waals surface area contributed by atoms with Crippen LogP contribution >= 0.6 is 0 Å². The minimum absolute atomic E-state index is 0.123. The number of carboxylic acid groups (broad SMARTS) is 1. The van der Waals surface area contributed by atoms with Gasteiger partial charge >= 0.3 is 5.97 Å². The fraction of sp³-hybridized carbons (Fsp3) is 0.917. The van der Waals surface area contributed by atoms with E-state index < -0.39 is 5.97 Å². The van der Waals surface area contributed by atoms with Crippen LogP contribution in [0.1, 0.15) is 45.4 Å². The molecule has 2 atom stereocenters. The standard InChI is InChI=1S/C12H21NO2/c1-2-5-12(6-7-12)8-13-10-4-3-9(10)11(14)15/h9-10,13H,2-8H2,1H3,(H,14,15). The van der Waals surface area contributed by atoms with Gasteiger partial charge in [-0.1, -0.05) is 13.3 Å². The summed E-state index contributed by atoms with van der Waals surface area (Å²) in [4.78, 5) is 10.8. The summed E-state index contributed by atoms with van der Waals surface area (Å²) in [6, 6.07) is 0.247. The molecule has 2 aliphatic rings. The number of hydrogen-bond acceptors (Lipinski definition) is 2. The Balaban J connectivity index is 1.72. The van der Waals surface area contributed by atoms with Gasteiger partial charge in [-0.2, -0.15) is 0 Å². The van der Waals surface area contributed by atoms with Gasteiger partial charge in [-0.3, -0.25) is 4.79 Å². The van der Waals surface area contributed by atoms with Gasteiger partial charge < -0.3 is 10.4 Å². The van der Waals surface area contributed by atoms with Gasteiger partial charge in [0.25, 0.3) is 0 Å². The topological polar surface area (TPSA) is 49.3 Å². The van der Waals surface area contributed by atoms with Crippen LogP contribution in [0.5, 0.6) is 0 Å². The van der Waals surface area contributed by atoms with Crippen molar-refractivity contribution in [1.29, 1.82) is 0 Å². The molecule has 2 fully saturated rings. The SMILES string of the molecule is CCCC1(CNC2CCC2C(=O)O)CC1. The molecule has 0 amide bonds. The van der Waals surface area contributed by atoms with Crippen molar-refractivity contribution in [2.24, 2.45) is 11.3 Å². The summed E-state index contributed by atoms with van der Waals surface area (Å²) in [5.41, 5.74) is 0.535. The molecule has 0 saturated heterocycles. The molecule has 15 heavy (non-hydrogen) atoms. The molecular formula is C12H21NO2. The third-order valence-corrected chi connectivity index (χ3v) is 4.07. The molecule has 0 aromatic heterocycles. The summed E-state index contributed by atoms with van der Waals surface area (Å²) in [7, 11) is 0. The molecule has 2 unspecified atom stereocenters. The van der Waals surface area contributed by atoms with Gasteiger partial charge in [0.2, 0.25) is 0 Å². The molecule has 2 N–H and O–H groups in total. The van der Waals surface area contributed by atoms with Gasteiger partial charge in [-0.25, -0.2) is 0 Å². The quantitative estimate of drug-likeness (QED) is 0.706. The van der Waals surface area contributed by atoms with Crippen LogP contribution in [-0.2, 0) is 4.79 Å². The second-order valence-electron chi connectivity index (χ2n) is 5.26. The average Bonchev–Trinajstić information content (AvgIpc) is 2.83. The molecule has 0 aliphatic heterocycles. The van der Waals surface area contributed by atoms with Crippen molar-refractivity contribution in [3.05, 3.63) is 0 Å². The molecule has 3 nitrogen and oxygen atoms in total. The van der Waals surface area contributed by atoms with Crippen LogP contribution in [0.25, 0.3) is 0 Å². The molecule has 3 heteroatoms. The highest BCUT2D eigenvalue weighted by Gasteiger charge is 2.43. The van der Waals surface area contributed by atoms with Crippen molar-refractivity contribution in [3.63, 3.8) is 0 Å². The van der Waals surface area contributed by atoms with E-state index in [0.717, 1.165) is 19.4 Å². The third-order valence-electron chi connectivity index (χ3n) is 4.07. The highest BCUT2D eigenvalue weighted by molar-refractivity contribution is 5.72. The lowest BCUT2D eigenvalue weighted by Crippen LogP contribution is -2.49. The summed E-state index contributed by atoms with van der Waals surface area (Å²) < 4.78 is 0. The first-order valence-corrected chi connectivity index (χ1v) is 6.13. The number of aliphatic carboxylic acids is 1. The van der Waals surface area contributed by atoms with E-state index in [1.54, 1.807) is 0 Å². The molecule has 0 radical (unpaired) electrons. The second-order valence-corrected chi connectivity index (χ2v) is 5.26. The van der Waals surface area contributed by atoms with Crippen LogP contribution in [-0.4, -0.2) is 23.7 Å². The van der Waals surface area contributed by atoms with Crippen molar-refractivity contribution < 1.29 is 9.90 Å². The van der Waals surface area contributed by atoms with Gasteiger partial charge in [0.05, 0.1) is 5.92 Å². The highest BCUT2D eigenvalue weighted by Crippen LogP contribution is 2.49. The van der Waals surface area contributed by atoms with Crippen LogP contribution in [0.3, 0.4) is 0 Å². The maximum absolute atomic E-state index is 10.8. The molecule has 2 rings (SSSR count). The molecule has 0 heterocycles. The fourth-order valence-electron chi connectivity index (χ4n) is 2.61. The van der Waals surface area contributed by atoms with Gasteiger partial charge in [-0.05, 0) is 37.5 Å². The van der Waals surface area contributed by atoms with Crippen LogP contribution in [0.4, 0.5) is 0 Å². The van der Waals surface area contributed by atoms with E-state index in [0.29, 0.717) is 5.41 Å². The van der Waals surface area contributed by atoms with Crippen molar-refractivity contribution >= 4 is 5.97 Å². The number of hydrogen-bond donors (Lipinski definition) is 2. The van der Waals surface area contributed by atoms with E-state index in [2.05, 4.69) is 12.2 Å². The number of rotatable bonds is 6. The lowest BCUT2D eigenvalue weighted by Gasteiger charge is -2.35. The Morgan fingerprint density at radius 2 is 2.20 bits per heavy atom. The summed E-state index contributed by atoms with van der Waals surface area (Å²) >= 11 is 0. The first-order valence-electron chi connectivity index (χ1n) is 6.13. The smallest absolute Gasteiger partial charge is 0.308 e. The molecule has 0 aromatic carbocycles. The molecule has 86 valence electrons. The summed E-state index contributed by atoms with van der Waals surface area (Å²) in [6.07, 6.45) is 7.10. The van der Waals surface area contributed by atoms with Gasteiger partial charge in [0, 0.05) is 12.6 Å². The Morgan fingerprint density at radius 1 is 1.47 bits per heavy atom. The van der Waals surface area contributed by atoms with E-state index in [9.17, 15) is 4.79 Å². The van der Waals surface area contributed by atoms with Gasteiger partial charge in [-0.15, -0.1) is 0 Å². The number of nitrogens with one attached hydrogen (secondary N) is 1. The van der Waals surface area contributed by atoms with Crippen molar-refractivity contribution in [2.75, 3.05) is 6.54 Å². The predicted molar refractivity (Wildman–Crippen MR) is 58.7 cm³/mol. The minimum Gasteiger partial charge on any atom is -0.481 e. The van der Waals surface area contributed by atoms with E-state index in [1.807, 2.05) is 0 Å². The maximum atomic E-state index is 10.8. The van der Waals surface area contributed by atoms with E-state index in [-0.39, 0.29) is 12.0 Å². The van der Waals surface area contributed by atoms with Crippen LogP contribution in [0, 0.1) is 11.3 Å². The average molecular weight is 211 g/mol. The zero-order valence-electron chi connectivity index (χ0n) is 9.46. The summed E-state index contributed by atoms with van der Waals surface area (Å²) in [5, 5.41) is 12.4. The number of carboxylic acids is 1. The normalized spacial score (nSPS) is 32.1. The molecule has 0 spiro atoms. The Kier molecular flexibility index (Phi) is 3.01. The monoisotopic (exact) mass is 211 g/mol. The minimum atomic E-state index is -0.626. The van der Waals surface area contributed by atoms with Gasteiger partial charge in [0.15, 0.2) is 0 Å². The first kappa shape index (κ1) is 10.9.